The minimum absolute atomic E-state index is 0.0934. The second-order valence-electron chi connectivity index (χ2n) is 4.86. The van der Waals surface area contributed by atoms with Gasteiger partial charge in [-0.25, -0.2) is 9.07 Å². The van der Waals surface area contributed by atoms with Gasteiger partial charge in [-0.05, 0) is 36.4 Å². The Bertz CT molecular complexity index is 857. The first-order chi connectivity index (χ1) is 11.1. The average molecular weight is 311 g/mol. The molecule has 5 nitrogen and oxygen atoms in total. The fourth-order valence-electron chi connectivity index (χ4n) is 2.25. The summed E-state index contributed by atoms with van der Waals surface area (Å²) >= 11 is 0. The van der Waals surface area contributed by atoms with Crippen molar-refractivity contribution >= 4 is 11.6 Å². The van der Waals surface area contributed by atoms with Crippen molar-refractivity contribution in [3.63, 3.8) is 0 Å². The highest BCUT2D eigenvalue weighted by atomic mass is 19.1. The highest BCUT2D eigenvalue weighted by molar-refractivity contribution is 6.11. The van der Waals surface area contributed by atoms with E-state index in [-0.39, 0.29) is 22.9 Å². The van der Waals surface area contributed by atoms with Crippen LogP contribution in [0.15, 0.2) is 54.7 Å². The standard InChI is InChI=1S/C17H14FN3O2/c1-23-12-8-6-11(7-9-12)16(22)13-10-20-21(17(13)19)15-5-3-2-4-14(15)18/h2-10H,19H2,1H3. The van der Waals surface area contributed by atoms with E-state index in [4.69, 9.17) is 10.5 Å². The van der Waals surface area contributed by atoms with Crippen LogP contribution in [0.3, 0.4) is 0 Å². The Morgan fingerprint density at radius 1 is 1.17 bits per heavy atom. The van der Waals surface area contributed by atoms with Crippen LogP contribution in [0.2, 0.25) is 0 Å². The lowest BCUT2D eigenvalue weighted by atomic mass is 10.1. The van der Waals surface area contributed by atoms with E-state index in [0.717, 1.165) is 0 Å². The number of methoxy groups -OCH3 is 1. The van der Waals surface area contributed by atoms with Crippen LogP contribution < -0.4 is 10.5 Å². The van der Waals surface area contributed by atoms with E-state index < -0.39 is 5.82 Å². The Morgan fingerprint density at radius 2 is 1.87 bits per heavy atom. The van der Waals surface area contributed by atoms with Crippen molar-refractivity contribution in [1.82, 2.24) is 9.78 Å². The van der Waals surface area contributed by atoms with E-state index in [2.05, 4.69) is 5.10 Å². The summed E-state index contributed by atoms with van der Waals surface area (Å²) in [6.07, 6.45) is 1.34. The van der Waals surface area contributed by atoms with Gasteiger partial charge in [0, 0.05) is 5.56 Å². The lowest BCUT2D eigenvalue weighted by Crippen LogP contribution is -2.08. The minimum Gasteiger partial charge on any atom is -0.497 e. The molecule has 0 atom stereocenters. The molecule has 0 unspecified atom stereocenters. The molecule has 0 spiro atoms. The third-order valence-corrected chi connectivity index (χ3v) is 3.48. The molecule has 23 heavy (non-hydrogen) atoms. The number of ether oxygens (including phenoxy) is 1. The number of hydrogen-bond donors (Lipinski definition) is 1. The van der Waals surface area contributed by atoms with Crippen molar-refractivity contribution in [2.75, 3.05) is 12.8 Å². The molecule has 0 radical (unpaired) electrons. The Hall–Kier alpha value is -3.15. The van der Waals surface area contributed by atoms with Gasteiger partial charge < -0.3 is 10.5 Å². The predicted octanol–water partition coefficient (Wildman–Crippen LogP) is 2.83. The van der Waals surface area contributed by atoms with Crippen molar-refractivity contribution in [3.8, 4) is 11.4 Å². The molecule has 0 aliphatic heterocycles. The number of para-hydroxylation sites is 1. The SMILES string of the molecule is COc1ccc(C(=O)c2cnn(-c3ccccc3F)c2N)cc1. The lowest BCUT2D eigenvalue weighted by Gasteiger charge is -2.06. The average Bonchev–Trinajstić information content (AvgIpc) is 2.96. The van der Waals surface area contributed by atoms with Crippen molar-refractivity contribution < 1.29 is 13.9 Å². The topological polar surface area (TPSA) is 70.1 Å². The number of anilines is 1. The van der Waals surface area contributed by atoms with Gasteiger partial charge in [-0.2, -0.15) is 5.10 Å². The zero-order valence-electron chi connectivity index (χ0n) is 12.4. The number of carbonyl (C=O) groups is 1. The van der Waals surface area contributed by atoms with Gasteiger partial charge in [-0.3, -0.25) is 4.79 Å². The highest BCUT2D eigenvalue weighted by Crippen LogP contribution is 2.22. The molecular formula is C17H14FN3O2. The van der Waals surface area contributed by atoms with Gasteiger partial charge in [0.25, 0.3) is 0 Å². The number of rotatable bonds is 4. The zero-order chi connectivity index (χ0) is 16.4. The highest BCUT2D eigenvalue weighted by Gasteiger charge is 2.19. The Balaban J connectivity index is 1.98. The van der Waals surface area contributed by atoms with Crippen LogP contribution >= 0.6 is 0 Å². The van der Waals surface area contributed by atoms with Gasteiger partial charge in [-0.1, -0.05) is 12.1 Å². The Labute approximate surface area is 132 Å². The third kappa shape index (κ3) is 2.66. The first-order valence-corrected chi connectivity index (χ1v) is 6.89. The van der Waals surface area contributed by atoms with Crippen molar-refractivity contribution in [2.24, 2.45) is 0 Å². The number of carbonyl (C=O) groups excluding carboxylic acids is 1. The fourth-order valence-corrected chi connectivity index (χ4v) is 2.25. The molecule has 0 saturated carbocycles. The number of nitrogen functional groups attached to an aromatic ring is 1. The Morgan fingerprint density at radius 3 is 2.52 bits per heavy atom. The maximum Gasteiger partial charge on any atom is 0.198 e. The number of nitrogens with two attached hydrogens (primary N) is 1. The molecule has 2 N–H and O–H groups in total. The molecule has 1 heterocycles. The van der Waals surface area contributed by atoms with Crippen LogP contribution in [0.25, 0.3) is 5.69 Å². The number of nitrogens with zero attached hydrogens (tertiary/aromatic N) is 2. The van der Waals surface area contributed by atoms with E-state index in [1.807, 2.05) is 0 Å². The summed E-state index contributed by atoms with van der Waals surface area (Å²) in [7, 11) is 1.55. The number of ketones is 1. The maximum absolute atomic E-state index is 13.9. The molecule has 2 aromatic carbocycles. The molecule has 0 bridgehead atoms. The molecule has 6 heteroatoms. The lowest BCUT2D eigenvalue weighted by molar-refractivity contribution is 0.103. The number of halogens is 1. The molecule has 116 valence electrons. The normalized spacial score (nSPS) is 10.5. The number of hydrogen-bond acceptors (Lipinski definition) is 4. The van der Waals surface area contributed by atoms with E-state index in [9.17, 15) is 9.18 Å². The van der Waals surface area contributed by atoms with Crippen molar-refractivity contribution in [3.05, 3.63) is 71.7 Å². The van der Waals surface area contributed by atoms with Crippen molar-refractivity contribution in [2.45, 2.75) is 0 Å². The van der Waals surface area contributed by atoms with Crippen molar-refractivity contribution in [1.29, 1.82) is 0 Å². The molecule has 3 rings (SSSR count). The molecule has 0 aliphatic rings. The second kappa shape index (κ2) is 5.92. The van der Waals surface area contributed by atoms with Gasteiger partial charge in [0.1, 0.15) is 23.1 Å². The van der Waals surface area contributed by atoms with Crippen LogP contribution in [0.5, 0.6) is 5.75 Å². The predicted molar refractivity (Wildman–Crippen MR) is 84.4 cm³/mol. The summed E-state index contributed by atoms with van der Waals surface area (Å²) in [5, 5.41) is 4.03. The number of aromatic nitrogens is 2. The summed E-state index contributed by atoms with van der Waals surface area (Å²) in [6.45, 7) is 0. The molecule has 0 saturated heterocycles. The minimum atomic E-state index is -0.467. The van der Waals surface area contributed by atoms with E-state index in [1.165, 1.54) is 16.9 Å². The number of benzene rings is 2. The van der Waals surface area contributed by atoms with E-state index in [0.29, 0.717) is 11.3 Å². The maximum atomic E-state index is 13.9. The van der Waals surface area contributed by atoms with Crippen LogP contribution in [-0.4, -0.2) is 22.7 Å². The summed E-state index contributed by atoms with van der Waals surface area (Å²) in [5.41, 5.74) is 6.85. The molecular weight excluding hydrogens is 297 g/mol. The van der Waals surface area contributed by atoms with Crippen LogP contribution in [0.4, 0.5) is 10.2 Å². The largest absolute Gasteiger partial charge is 0.497 e. The van der Waals surface area contributed by atoms with E-state index >= 15 is 0 Å². The van der Waals surface area contributed by atoms with Crippen LogP contribution in [-0.2, 0) is 0 Å². The van der Waals surface area contributed by atoms with Gasteiger partial charge in [0.15, 0.2) is 5.78 Å². The zero-order valence-corrected chi connectivity index (χ0v) is 12.4. The molecule has 0 fully saturated rings. The first-order valence-electron chi connectivity index (χ1n) is 6.89. The first kappa shape index (κ1) is 14.8. The summed E-state index contributed by atoms with van der Waals surface area (Å²) in [5.74, 6) is -0.00835. The van der Waals surface area contributed by atoms with Crippen LogP contribution in [0.1, 0.15) is 15.9 Å². The van der Waals surface area contributed by atoms with Gasteiger partial charge in [0.05, 0.1) is 18.9 Å². The third-order valence-electron chi connectivity index (χ3n) is 3.48. The van der Waals surface area contributed by atoms with Gasteiger partial charge >= 0.3 is 0 Å². The molecule has 0 aliphatic carbocycles. The molecule has 1 aromatic heterocycles. The molecule has 3 aromatic rings. The van der Waals surface area contributed by atoms with Gasteiger partial charge in [0.2, 0.25) is 0 Å². The Kier molecular flexibility index (Phi) is 3.80. The van der Waals surface area contributed by atoms with Gasteiger partial charge in [-0.15, -0.1) is 0 Å². The summed E-state index contributed by atoms with van der Waals surface area (Å²) in [4.78, 5) is 12.5. The molecule has 0 amide bonds. The second-order valence-corrected chi connectivity index (χ2v) is 4.86. The quantitative estimate of drug-likeness (QED) is 0.752. The van der Waals surface area contributed by atoms with E-state index in [1.54, 1.807) is 49.6 Å². The fraction of sp³-hybridized carbons (Fsp3) is 0.0588. The monoisotopic (exact) mass is 311 g/mol. The smallest absolute Gasteiger partial charge is 0.198 e. The summed E-state index contributed by atoms with van der Waals surface area (Å²) in [6, 6.07) is 12.7. The summed E-state index contributed by atoms with van der Waals surface area (Å²) < 4.78 is 20.1. The van der Waals surface area contributed by atoms with Crippen LogP contribution in [0, 0.1) is 5.82 Å².